The van der Waals surface area contributed by atoms with Crippen molar-refractivity contribution in [2.24, 2.45) is 11.7 Å². The lowest BCUT2D eigenvalue weighted by atomic mass is 9.88. The summed E-state index contributed by atoms with van der Waals surface area (Å²) in [6.07, 6.45) is 6.65. The summed E-state index contributed by atoms with van der Waals surface area (Å²) in [5, 5.41) is 0. The maximum absolute atomic E-state index is 6.32. The standard InChI is InChI=1S/C14H22N2O2/c1-2-5-18-13-8-12(9-16-10-13)14(15)11-3-6-17-7-4-11/h8-11,14H,2-7,15H2,1H3. The first-order chi connectivity index (χ1) is 8.81. The second-order valence-corrected chi connectivity index (χ2v) is 4.78. The van der Waals surface area contributed by atoms with E-state index in [2.05, 4.69) is 11.9 Å². The summed E-state index contributed by atoms with van der Waals surface area (Å²) in [4.78, 5) is 4.22. The number of hydrogen-bond acceptors (Lipinski definition) is 4. The molecule has 18 heavy (non-hydrogen) atoms. The van der Waals surface area contributed by atoms with Crippen LogP contribution in [0.15, 0.2) is 18.5 Å². The first kappa shape index (κ1) is 13.3. The summed E-state index contributed by atoms with van der Waals surface area (Å²) in [5.74, 6) is 1.30. The molecular weight excluding hydrogens is 228 g/mol. The van der Waals surface area contributed by atoms with Crippen molar-refractivity contribution in [3.8, 4) is 5.75 Å². The highest BCUT2D eigenvalue weighted by Crippen LogP contribution is 2.29. The van der Waals surface area contributed by atoms with Crippen molar-refractivity contribution in [1.82, 2.24) is 4.98 Å². The first-order valence-corrected chi connectivity index (χ1v) is 6.72. The minimum atomic E-state index is 0.0339. The molecule has 0 amide bonds. The monoisotopic (exact) mass is 250 g/mol. The Labute approximate surface area is 108 Å². The third-order valence-corrected chi connectivity index (χ3v) is 3.37. The zero-order valence-electron chi connectivity index (χ0n) is 11.0. The lowest BCUT2D eigenvalue weighted by Crippen LogP contribution is -2.27. The fourth-order valence-corrected chi connectivity index (χ4v) is 2.26. The van der Waals surface area contributed by atoms with Gasteiger partial charge in [0.05, 0.1) is 12.8 Å². The Balaban J connectivity index is 2.02. The number of ether oxygens (including phenoxy) is 2. The Bertz CT molecular complexity index is 365. The molecule has 100 valence electrons. The molecule has 0 spiro atoms. The summed E-state index contributed by atoms with van der Waals surface area (Å²) in [7, 11) is 0. The predicted molar refractivity (Wildman–Crippen MR) is 70.5 cm³/mol. The molecule has 1 aliphatic heterocycles. The van der Waals surface area contributed by atoms with E-state index in [-0.39, 0.29) is 6.04 Å². The van der Waals surface area contributed by atoms with Crippen LogP contribution in [0.1, 0.15) is 37.8 Å². The van der Waals surface area contributed by atoms with Gasteiger partial charge in [-0.25, -0.2) is 0 Å². The highest BCUT2D eigenvalue weighted by molar-refractivity contribution is 5.26. The van der Waals surface area contributed by atoms with Crippen LogP contribution in [0.3, 0.4) is 0 Å². The predicted octanol–water partition coefficient (Wildman–Crippen LogP) is 2.30. The Hall–Kier alpha value is -1.13. The number of aromatic nitrogens is 1. The Morgan fingerprint density at radius 1 is 1.44 bits per heavy atom. The molecule has 2 rings (SSSR count). The van der Waals surface area contributed by atoms with Crippen LogP contribution in [0.25, 0.3) is 0 Å². The molecule has 0 saturated carbocycles. The van der Waals surface area contributed by atoms with Gasteiger partial charge in [0.15, 0.2) is 0 Å². The van der Waals surface area contributed by atoms with Crippen LogP contribution in [-0.2, 0) is 4.74 Å². The second kappa shape index (κ2) is 6.71. The van der Waals surface area contributed by atoms with Gasteiger partial charge in [-0.15, -0.1) is 0 Å². The number of rotatable bonds is 5. The smallest absolute Gasteiger partial charge is 0.137 e. The lowest BCUT2D eigenvalue weighted by molar-refractivity contribution is 0.0583. The van der Waals surface area contributed by atoms with Gasteiger partial charge in [-0.1, -0.05) is 6.92 Å². The molecule has 1 atom stereocenters. The highest BCUT2D eigenvalue weighted by atomic mass is 16.5. The van der Waals surface area contributed by atoms with E-state index in [1.807, 2.05) is 12.3 Å². The molecule has 4 heteroatoms. The largest absolute Gasteiger partial charge is 0.492 e. The quantitative estimate of drug-likeness (QED) is 0.871. The number of nitrogens with zero attached hydrogens (tertiary/aromatic N) is 1. The van der Waals surface area contributed by atoms with Crippen molar-refractivity contribution in [3.63, 3.8) is 0 Å². The van der Waals surface area contributed by atoms with Gasteiger partial charge in [0.2, 0.25) is 0 Å². The molecule has 0 bridgehead atoms. The molecule has 1 saturated heterocycles. The van der Waals surface area contributed by atoms with E-state index >= 15 is 0 Å². The summed E-state index contributed by atoms with van der Waals surface area (Å²) in [6.45, 7) is 4.44. The summed E-state index contributed by atoms with van der Waals surface area (Å²) in [6, 6.07) is 2.05. The minimum Gasteiger partial charge on any atom is -0.492 e. The highest BCUT2D eigenvalue weighted by Gasteiger charge is 2.22. The van der Waals surface area contributed by atoms with Crippen molar-refractivity contribution >= 4 is 0 Å². The van der Waals surface area contributed by atoms with Crippen molar-refractivity contribution in [1.29, 1.82) is 0 Å². The molecule has 0 aromatic carbocycles. The zero-order chi connectivity index (χ0) is 12.8. The first-order valence-electron chi connectivity index (χ1n) is 6.72. The Morgan fingerprint density at radius 3 is 2.94 bits per heavy atom. The summed E-state index contributed by atoms with van der Waals surface area (Å²) < 4.78 is 11.0. The van der Waals surface area contributed by atoms with Gasteiger partial charge in [-0.3, -0.25) is 4.98 Å². The summed E-state index contributed by atoms with van der Waals surface area (Å²) >= 11 is 0. The topological polar surface area (TPSA) is 57.4 Å². The molecule has 1 aliphatic rings. The third kappa shape index (κ3) is 3.43. The number of nitrogens with two attached hydrogens (primary N) is 1. The average Bonchev–Trinajstić information content (AvgIpc) is 2.45. The third-order valence-electron chi connectivity index (χ3n) is 3.37. The lowest BCUT2D eigenvalue weighted by Gasteiger charge is -2.27. The second-order valence-electron chi connectivity index (χ2n) is 4.78. The van der Waals surface area contributed by atoms with E-state index < -0.39 is 0 Å². The van der Waals surface area contributed by atoms with Gasteiger partial charge in [0.25, 0.3) is 0 Å². The van der Waals surface area contributed by atoms with Crippen LogP contribution < -0.4 is 10.5 Å². The number of hydrogen-bond donors (Lipinski definition) is 1. The Kier molecular flexibility index (Phi) is 4.96. The van der Waals surface area contributed by atoms with Crippen LogP contribution in [0.4, 0.5) is 0 Å². The van der Waals surface area contributed by atoms with Crippen LogP contribution in [0, 0.1) is 5.92 Å². The molecule has 4 nitrogen and oxygen atoms in total. The molecule has 1 fully saturated rings. The fourth-order valence-electron chi connectivity index (χ4n) is 2.26. The SMILES string of the molecule is CCCOc1cncc(C(N)C2CCOCC2)c1. The van der Waals surface area contributed by atoms with Crippen molar-refractivity contribution in [3.05, 3.63) is 24.0 Å². The van der Waals surface area contributed by atoms with Crippen molar-refractivity contribution in [2.75, 3.05) is 19.8 Å². The van der Waals surface area contributed by atoms with Crippen LogP contribution in [-0.4, -0.2) is 24.8 Å². The average molecular weight is 250 g/mol. The molecule has 2 N–H and O–H groups in total. The van der Waals surface area contributed by atoms with E-state index in [9.17, 15) is 0 Å². The number of pyridine rings is 1. The van der Waals surface area contributed by atoms with E-state index in [1.165, 1.54) is 0 Å². The van der Waals surface area contributed by atoms with E-state index in [4.69, 9.17) is 15.2 Å². The maximum atomic E-state index is 6.32. The molecule has 2 heterocycles. The summed E-state index contributed by atoms with van der Waals surface area (Å²) in [5.41, 5.74) is 7.38. The normalized spacial score (nSPS) is 18.6. The molecular formula is C14H22N2O2. The molecule has 1 aromatic rings. The molecule has 1 unspecified atom stereocenters. The van der Waals surface area contributed by atoms with Crippen LogP contribution in [0.2, 0.25) is 0 Å². The zero-order valence-corrected chi connectivity index (χ0v) is 11.0. The fraction of sp³-hybridized carbons (Fsp3) is 0.643. The van der Waals surface area contributed by atoms with Gasteiger partial charge >= 0.3 is 0 Å². The van der Waals surface area contributed by atoms with E-state index in [0.717, 1.165) is 50.4 Å². The van der Waals surface area contributed by atoms with Gasteiger partial charge in [-0.2, -0.15) is 0 Å². The minimum absolute atomic E-state index is 0.0339. The van der Waals surface area contributed by atoms with Crippen molar-refractivity contribution < 1.29 is 9.47 Å². The molecule has 1 aromatic heterocycles. The maximum Gasteiger partial charge on any atom is 0.137 e. The van der Waals surface area contributed by atoms with Gasteiger partial charge in [-0.05, 0) is 36.8 Å². The van der Waals surface area contributed by atoms with Gasteiger partial charge < -0.3 is 15.2 Å². The van der Waals surface area contributed by atoms with E-state index in [1.54, 1.807) is 6.20 Å². The van der Waals surface area contributed by atoms with E-state index in [0.29, 0.717) is 5.92 Å². The molecule has 0 aliphatic carbocycles. The van der Waals surface area contributed by atoms with Gasteiger partial charge in [0, 0.05) is 25.5 Å². The Morgan fingerprint density at radius 2 is 2.22 bits per heavy atom. The van der Waals surface area contributed by atoms with Crippen LogP contribution in [0.5, 0.6) is 5.75 Å². The van der Waals surface area contributed by atoms with Crippen molar-refractivity contribution in [2.45, 2.75) is 32.2 Å². The van der Waals surface area contributed by atoms with Crippen LogP contribution >= 0.6 is 0 Å². The van der Waals surface area contributed by atoms with Gasteiger partial charge in [0.1, 0.15) is 5.75 Å². The molecule has 0 radical (unpaired) electrons.